The van der Waals surface area contributed by atoms with Gasteiger partial charge in [-0.05, 0) is 72.6 Å². The molecule has 0 bridgehead atoms. The van der Waals surface area contributed by atoms with E-state index in [0.717, 1.165) is 12.0 Å². The molecule has 21 heteroatoms. The number of nitrogens with one attached hydrogen (secondary N) is 4. The van der Waals surface area contributed by atoms with Crippen LogP contribution in [0, 0.1) is 0 Å². The second kappa shape index (κ2) is 24.0. The summed E-state index contributed by atoms with van der Waals surface area (Å²) in [5.41, 5.74) is 3.12. The summed E-state index contributed by atoms with van der Waals surface area (Å²) in [6.07, 6.45) is 2.24. The van der Waals surface area contributed by atoms with E-state index < -0.39 is 21.9 Å². The van der Waals surface area contributed by atoms with Gasteiger partial charge < -0.3 is 49.1 Å². The summed E-state index contributed by atoms with van der Waals surface area (Å²) in [7, 11) is -1.08. The summed E-state index contributed by atoms with van der Waals surface area (Å²) in [4.78, 5) is 52.3. The first-order valence-electron chi connectivity index (χ1n) is 22.5. The van der Waals surface area contributed by atoms with Gasteiger partial charge in [0.05, 0.1) is 78.4 Å². The highest BCUT2D eigenvalue weighted by molar-refractivity contribution is 7.92. The molecule has 0 saturated heterocycles. The van der Waals surface area contributed by atoms with Crippen molar-refractivity contribution in [2.24, 2.45) is 14.1 Å². The number of rotatable bonds is 26. The molecule has 0 unspecified atom stereocenters. The molecule has 0 aliphatic rings. The van der Waals surface area contributed by atoms with Gasteiger partial charge in [-0.2, -0.15) is 0 Å². The van der Waals surface area contributed by atoms with E-state index in [0.29, 0.717) is 56.4 Å². The van der Waals surface area contributed by atoms with Crippen LogP contribution < -0.4 is 35.3 Å². The number of anilines is 1. The van der Waals surface area contributed by atoms with Crippen LogP contribution in [-0.4, -0.2) is 111 Å². The Kier molecular flexibility index (Phi) is 17.4. The summed E-state index contributed by atoms with van der Waals surface area (Å²) >= 11 is 6.48. The summed E-state index contributed by atoms with van der Waals surface area (Å²) in [6, 6.07) is 26.2. The van der Waals surface area contributed by atoms with E-state index in [2.05, 4.69) is 20.3 Å². The van der Waals surface area contributed by atoms with Gasteiger partial charge in [-0.1, -0.05) is 42.8 Å². The smallest absolute Gasteiger partial charge is 0.337 e. The lowest BCUT2D eigenvalue weighted by molar-refractivity contribution is -0.126. The number of carbonyl (C=O) groups is 3. The number of imidazole rings is 1. The lowest BCUT2D eigenvalue weighted by atomic mass is 10.0. The largest absolute Gasteiger partial charge is 0.493 e. The number of carboxylic acid groups (broad SMARTS) is 1. The highest BCUT2D eigenvalue weighted by Crippen LogP contribution is 2.37. The van der Waals surface area contributed by atoms with Crippen LogP contribution in [0.4, 0.5) is 5.69 Å². The minimum absolute atomic E-state index is 0.0713. The fourth-order valence-electron chi connectivity index (χ4n) is 7.30. The number of aromatic carboxylic acids is 1. The van der Waals surface area contributed by atoms with Gasteiger partial charge >= 0.3 is 11.7 Å². The van der Waals surface area contributed by atoms with Gasteiger partial charge in [0, 0.05) is 61.0 Å². The normalized spacial score (nSPS) is 11.4. The third-order valence-electron chi connectivity index (χ3n) is 10.9. The van der Waals surface area contributed by atoms with E-state index >= 15 is 0 Å². The molecule has 0 aliphatic heterocycles. The number of carbonyl (C=O) groups excluding carboxylic acids is 2. The van der Waals surface area contributed by atoms with Crippen molar-refractivity contribution in [3.8, 4) is 34.1 Å². The number of hydrogen-bond donors (Lipinski definition) is 5. The first kappa shape index (κ1) is 51.5. The molecular weight excluding hydrogens is 960 g/mol. The zero-order chi connectivity index (χ0) is 50.5. The first-order valence-corrected chi connectivity index (χ1v) is 24.4. The molecule has 71 heavy (non-hydrogen) atoms. The Hall–Kier alpha value is -7.36. The maximum atomic E-state index is 13.8. The number of hydrogen-bond acceptors (Lipinski definition) is 12. The zero-order valence-electron chi connectivity index (χ0n) is 39.1. The van der Waals surface area contributed by atoms with Gasteiger partial charge in [0.2, 0.25) is 5.91 Å². The van der Waals surface area contributed by atoms with E-state index in [4.69, 9.17) is 40.0 Å². The number of sulfonamides is 1. The molecule has 0 aliphatic carbocycles. The maximum Gasteiger partial charge on any atom is 0.337 e. The second-order valence-electron chi connectivity index (χ2n) is 15.9. The third-order valence-corrected chi connectivity index (χ3v) is 12.6. The van der Waals surface area contributed by atoms with E-state index in [-0.39, 0.29) is 98.4 Å². The number of ether oxygens (including phenoxy) is 6. The monoisotopic (exact) mass is 1010 g/mol. The Bertz CT molecular complexity index is 3190. The molecule has 2 heterocycles. The van der Waals surface area contributed by atoms with Crippen molar-refractivity contribution in [3.63, 3.8) is 0 Å². The summed E-state index contributed by atoms with van der Waals surface area (Å²) in [6.45, 7) is 3.99. The van der Waals surface area contributed by atoms with Crippen molar-refractivity contribution in [1.29, 1.82) is 0 Å². The van der Waals surface area contributed by atoms with Crippen LogP contribution in [0.1, 0.15) is 34.1 Å². The minimum Gasteiger partial charge on any atom is -0.493 e. The van der Waals surface area contributed by atoms with Crippen LogP contribution in [0.2, 0.25) is 5.02 Å². The lowest BCUT2D eigenvalue weighted by Gasteiger charge is -2.15. The van der Waals surface area contributed by atoms with Crippen LogP contribution in [-0.2, 0) is 43.1 Å². The number of H-pyrrole nitrogens is 1. The van der Waals surface area contributed by atoms with Gasteiger partial charge in [0.15, 0.2) is 5.75 Å². The van der Waals surface area contributed by atoms with E-state index in [1.165, 1.54) is 45.7 Å². The van der Waals surface area contributed by atoms with Crippen LogP contribution in [0.15, 0.2) is 113 Å². The Balaban J connectivity index is 0.774. The lowest BCUT2D eigenvalue weighted by Crippen LogP contribution is -2.31. The molecule has 0 saturated carbocycles. The van der Waals surface area contributed by atoms with Crippen molar-refractivity contribution in [1.82, 2.24) is 24.8 Å². The Labute approximate surface area is 413 Å². The molecule has 5 N–H and O–H groups in total. The van der Waals surface area contributed by atoms with Crippen molar-refractivity contribution < 1.29 is 56.3 Å². The van der Waals surface area contributed by atoms with Gasteiger partial charge in [0.25, 0.3) is 15.9 Å². The third kappa shape index (κ3) is 13.3. The maximum absolute atomic E-state index is 13.8. The van der Waals surface area contributed by atoms with Crippen LogP contribution in [0.25, 0.3) is 33.1 Å². The van der Waals surface area contributed by atoms with E-state index in [1.54, 1.807) is 68.7 Å². The molecule has 0 atom stereocenters. The number of aromatic nitrogens is 3. The summed E-state index contributed by atoms with van der Waals surface area (Å²) < 4.78 is 67.2. The fraction of sp³-hybridized carbons (Fsp3) is 0.280. The molecule has 0 fully saturated rings. The molecular formula is C50H53ClN6O13S. The molecule has 2 amide bonds. The van der Waals surface area contributed by atoms with Crippen LogP contribution >= 0.6 is 11.6 Å². The van der Waals surface area contributed by atoms with Gasteiger partial charge in [0.1, 0.15) is 30.5 Å². The van der Waals surface area contributed by atoms with Crippen LogP contribution in [0.5, 0.6) is 23.0 Å². The van der Waals surface area contributed by atoms with E-state index in [1.807, 2.05) is 19.1 Å². The Morgan fingerprint density at radius 3 is 2.15 bits per heavy atom. The Morgan fingerprint density at radius 1 is 0.732 bits per heavy atom. The number of nitrogens with zero attached hydrogens (tertiary/aromatic N) is 2. The standard InChI is InChI=1S/C50H53ClN6O13S/c1-4-17-68-35-8-6-9-36(25-35)70-46-29-45-44(56(2)50(62)57(45)3)28-43(46)55-71(63,64)37-10-5-7-33(24-37)48(59)53-15-18-65-20-21-66-22-23-67-31-47(58)52-16-19-69-34-13-11-32(12-14-34)38-26-39-40(49(60)61)30-54-42(39)27-41(38)51/h5-14,24-30,54-55H,4,15-23,31H2,1-3H3,(H,52,58)(H,53,59)(H,60,61). The molecule has 0 spiro atoms. The predicted octanol–water partition coefficient (Wildman–Crippen LogP) is 6.73. The number of fused-ring (bicyclic) bond motifs is 2. The average molecular weight is 1010 g/mol. The molecule has 0 radical (unpaired) electrons. The van der Waals surface area contributed by atoms with E-state index in [9.17, 15) is 32.7 Å². The molecule has 19 nitrogen and oxygen atoms in total. The molecule has 2 aromatic heterocycles. The number of benzene rings is 5. The van der Waals surface area contributed by atoms with Crippen molar-refractivity contribution in [2.75, 3.05) is 70.7 Å². The quantitative estimate of drug-likeness (QED) is 0.0354. The SMILES string of the molecule is CCCOc1cccc(Oc2cc3c(cc2NS(=O)(=O)c2cccc(C(=O)NCCOCCOCCOCC(=O)NCCOc4ccc(-c5cc6c(C(=O)O)c[nH]c6cc5Cl)cc4)c2)n(C)c(=O)n3C)c1. The zero-order valence-corrected chi connectivity index (χ0v) is 40.7. The number of carboxylic acids is 1. The average Bonchev–Trinajstić information content (AvgIpc) is 3.87. The van der Waals surface area contributed by atoms with Gasteiger partial charge in [-0.3, -0.25) is 23.4 Å². The number of amides is 2. The highest BCUT2D eigenvalue weighted by atomic mass is 35.5. The highest BCUT2D eigenvalue weighted by Gasteiger charge is 2.22. The first-order chi connectivity index (χ1) is 34.2. The number of halogens is 1. The van der Waals surface area contributed by atoms with Gasteiger partial charge in [-0.15, -0.1) is 0 Å². The van der Waals surface area contributed by atoms with Crippen molar-refractivity contribution >= 4 is 67.0 Å². The summed E-state index contributed by atoms with van der Waals surface area (Å²) in [5.74, 6) is -0.179. The van der Waals surface area contributed by atoms with Crippen molar-refractivity contribution in [2.45, 2.75) is 18.2 Å². The number of aryl methyl sites for hydroxylation is 2. The minimum atomic E-state index is -4.28. The van der Waals surface area contributed by atoms with Gasteiger partial charge in [-0.25, -0.2) is 18.0 Å². The molecule has 7 rings (SSSR count). The van der Waals surface area contributed by atoms with Crippen LogP contribution in [0.3, 0.4) is 0 Å². The van der Waals surface area contributed by atoms with Crippen molar-refractivity contribution in [3.05, 3.63) is 130 Å². The summed E-state index contributed by atoms with van der Waals surface area (Å²) in [5, 5.41) is 15.9. The predicted molar refractivity (Wildman–Crippen MR) is 267 cm³/mol. The molecule has 374 valence electrons. The molecule has 5 aromatic carbocycles. The topological polar surface area (TPSA) is 240 Å². The fourth-order valence-corrected chi connectivity index (χ4v) is 8.68. The number of aromatic amines is 1. The Morgan fingerprint density at radius 2 is 1.41 bits per heavy atom. The molecule has 7 aromatic rings. The second-order valence-corrected chi connectivity index (χ2v) is 18.0.